The highest BCUT2D eigenvalue weighted by atomic mass is 79.9. The molecule has 5 fully saturated rings. The molecule has 7 atom stereocenters. The first-order valence-corrected chi connectivity index (χ1v) is 8.93. The molecule has 2 bridgehead atoms. The van der Waals surface area contributed by atoms with Crippen molar-refractivity contribution in [2.75, 3.05) is 5.33 Å². The number of rotatable bonds is 1. The molecule has 22 heavy (non-hydrogen) atoms. The van der Waals surface area contributed by atoms with Crippen LogP contribution in [0.15, 0.2) is 0 Å². The molecule has 5 rings (SSSR count). The maximum Gasteiger partial charge on any atom is 0.342 e. The lowest BCUT2D eigenvalue weighted by atomic mass is 9.48. The van der Waals surface area contributed by atoms with Crippen molar-refractivity contribution in [1.82, 2.24) is 0 Å². The molecule has 4 unspecified atom stereocenters. The number of ether oxygens (including phenoxy) is 3. The molecular weight excluding hydrogens is 352 g/mol. The first-order valence-electron chi connectivity index (χ1n) is 7.81. The summed E-state index contributed by atoms with van der Waals surface area (Å²) in [5, 5.41) is 0.580. The molecule has 3 aliphatic heterocycles. The third kappa shape index (κ3) is 0.918. The Kier molecular flexibility index (Phi) is 2.02. The summed E-state index contributed by atoms with van der Waals surface area (Å²) in [6.45, 7) is 8.16. The third-order valence-electron chi connectivity index (χ3n) is 7.45. The predicted octanol–water partition coefficient (Wildman–Crippen LogP) is 1.61. The molecular formula is C16H19BrO5. The van der Waals surface area contributed by atoms with E-state index in [1.54, 1.807) is 0 Å². The van der Waals surface area contributed by atoms with Gasteiger partial charge in [0.05, 0.1) is 22.5 Å². The van der Waals surface area contributed by atoms with Gasteiger partial charge in [0.2, 0.25) is 5.60 Å². The van der Waals surface area contributed by atoms with E-state index in [0.29, 0.717) is 11.8 Å². The smallest absolute Gasteiger partial charge is 0.342 e. The highest BCUT2D eigenvalue weighted by Gasteiger charge is 2.97. The maximum absolute atomic E-state index is 13.2. The molecule has 0 radical (unpaired) electrons. The summed E-state index contributed by atoms with van der Waals surface area (Å²) < 4.78 is 18.0. The second kappa shape index (κ2) is 3.20. The number of carbonyl (C=O) groups is 2. The number of ketones is 1. The fourth-order valence-corrected chi connectivity index (χ4v) is 7.07. The Labute approximate surface area is 137 Å². The standard InChI is InChI=1S/C16H19BrO5/c1-12(2)9-8(18)10-14(4)15(12,22-13(9,3)6-17)5-7-16(14,21-7)11(19)20-10/h7,9-10H,5-6H2,1-4H3/t7-,9?,10?,13-,14?,15?,16+/m1/s1. The number of alkyl halides is 1. The van der Waals surface area contributed by atoms with Gasteiger partial charge in [0.15, 0.2) is 11.9 Å². The van der Waals surface area contributed by atoms with Crippen LogP contribution < -0.4 is 0 Å². The molecule has 0 aromatic rings. The van der Waals surface area contributed by atoms with Crippen molar-refractivity contribution in [3.8, 4) is 0 Å². The van der Waals surface area contributed by atoms with Crippen LogP contribution in [0.25, 0.3) is 0 Å². The Morgan fingerprint density at radius 2 is 1.91 bits per heavy atom. The largest absolute Gasteiger partial charge is 0.451 e. The van der Waals surface area contributed by atoms with Crippen molar-refractivity contribution >= 4 is 27.7 Å². The fraction of sp³-hybridized carbons (Fsp3) is 0.875. The minimum atomic E-state index is -0.965. The van der Waals surface area contributed by atoms with Crippen LogP contribution in [0.1, 0.15) is 34.1 Å². The van der Waals surface area contributed by atoms with Gasteiger partial charge in [0.1, 0.15) is 6.10 Å². The van der Waals surface area contributed by atoms with Gasteiger partial charge >= 0.3 is 5.97 Å². The number of esters is 1. The van der Waals surface area contributed by atoms with Crippen molar-refractivity contribution in [2.24, 2.45) is 16.7 Å². The van der Waals surface area contributed by atoms with E-state index in [9.17, 15) is 9.59 Å². The summed E-state index contributed by atoms with van der Waals surface area (Å²) in [5.74, 6) is -0.676. The van der Waals surface area contributed by atoms with E-state index < -0.39 is 28.3 Å². The number of Topliss-reactive ketones (excluding diaryl/α,β-unsaturated/α-hetero) is 1. The second-order valence-electron chi connectivity index (χ2n) is 8.47. The molecule has 3 heterocycles. The minimum Gasteiger partial charge on any atom is -0.451 e. The number of carbonyl (C=O) groups excluding carboxylic acids is 2. The van der Waals surface area contributed by atoms with Crippen molar-refractivity contribution in [2.45, 2.75) is 63.1 Å². The molecule has 5 nitrogen and oxygen atoms in total. The van der Waals surface area contributed by atoms with Gasteiger partial charge in [0, 0.05) is 17.2 Å². The molecule has 6 heteroatoms. The van der Waals surface area contributed by atoms with E-state index in [-0.39, 0.29) is 29.2 Å². The Morgan fingerprint density at radius 1 is 1.23 bits per heavy atom. The third-order valence-corrected chi connectivity index (χ3v) is 8.56. The highest BCUT2D eigenvalue weighted by Crippen LogP contribution is 2.81. The number of fused-ring (bicyclic) bond motifs is 1. The second-order valence-corrected chi connectivity index (χ2v) is 9.03. The van der Waals surface area contributed by atoms with E-state index in [1.165, 1.54) is 0 Å². The molecule has 120 valence electrons. The molecule has 3 saturated heterocycles. The normalized spacial score (nSPS) is 62.7. The van der Waals surface area contributed by atoms with Crippen LogP contribution >= 0.6 is 15.9 Å². The van der Waals surface area contributed by atoms with Crippen molar-refractivity contribution < 1.29 is 23.8 Å². The number of hydrogen-bond donors (Lipinski definition) is 0. The first kappa shape index (κ1) is 13.9. The summed E-state index contributed by atoms with van der Waals surface area (Å²) in [7, 11) is 0. The number of hydrogen-bond acceptors (Lipinski definition) is 5. The zero-order valence-corrected chi connectivity index (χ0v) is 14.7. The molecule has 0 aromatic heterocycles. The topological polar surface area (TPSA) is 65.1 Å². The van der Waals surface area contributed by atoms with Crippen molar-refractivity contribution in [3.05, 3.63) is 0 Å². The van der Waals surface area contributed by atoms with Gasteiger partial charge in [-0.15, -0.1) is 0 Å². The highest BCUT2D eigenvalue weighted by molar-refractivity contribution is 9.09. The van der Waals surface area contributed by atoms with Crippen LogP contribution in [0.3, 0.4) is 0 Å². The van der Waals surface area contributed by atoms with E-state index in [4.69, 9.17) is 14.2 Å². The zero-order chi connectivity index (χ0) is 15.9. The Balaban J connectivity index is 1.83. The minimum absolute atomic E-state index is 0.0102. The van der Waals surface area contributed by atoms with Crippen LogP contribution in [-0.4, -0.2) is 46.1 Å². The van der Waals surface area contributed by atoms with Gasteiger partial charge in [-0.3, -0.25) is 4.79 Å². The predicted molar refractivity (Wildman–Crippen MR) is 78.5 cm³/mol. The van der Waals surface area contributed by atoms with Gasteiger partial charge in [-0.05, 0) is 13.8 Å². The van der Waals surface area contributed by atoms with Crippen molar-refractivity contribution in [1.29, 1.82) is 0 Å². The monoisotopic (exact) mass is 370 g/mol. The average Bonchev–Trinajstić information content (AvgIpc) is 3.00. The van der Waals surface area contributed by atoms with E-state index >= 15 is 0 Å². The lowest BCUT2D eigenvalue weighted by Crippen LogP contribution is -2.67. The zero-order valence-electron chi connectivity index (χ0n) is 13.1. The van der Waals surface area contributed by atoms with Crippen molar-refractivity contribution in [3.63, 3.8) is 0 Å². The fourth-order valence-electron chi connectivity index (χ4n) is 6.64. The Morgan fingerprint density at radius 3 is 2.55 bits per heavy atom. The lowest BCUT2D eigenvalue weighted by molar-refractivity contribution is -0.208. The Hall–Kier alpha value is -0.460. The van der Waals surface area contributed by atoms with Gasteiger partial charge < -0.3 is 14.2 Å². The van der Waals surface area contributed by atoms with E-state index in [1.807, 2.05) is 13.8 Å². The van der Waals surface area contributed by atoms with Crippen LogP contribution in [0, 0.1) is 16.7 Å². The van der Waals surface area contributed by atoms with Gasteiger partial charge in [-0.1, -0.05) is 29.8 Å². The Bertz CT molecular complexity index is 661. The lowest BCUT2D eigenvalue weighted by Gasteiger charge is -2.54. The van der Waals surface area contributed by atoms with Gasteiger partial charge in [-0.25, -0.2) is 4.79 Å². The van der Waals surface area contributed by atoms with Gasteiger partial charge in [-0.2, -0.15) is 0 Å². The summed E-state index contributed by atoms with van der Waals surface area (Å²) in [6.07, 6.45) is -0.265. The van der Waals surface area contributed by atoms with Crippen LogP contribution in [0.4, 0.5) is 0 Å². The molecule has 2 saturated carbocycles. The molecule has 5 aliphatic rings. The SMILES string of the molecule is CC1(C)C2C(=O)C3OC(=O)[C@@]45O[C@@H]4CC1(O[C@]2(C)CBr)C35C. The van der Waals surface area contributed by atoms with Crippen LogP contribution in [0.5, 0.6) is 0 Å². The quantitative estimate of drug-likeness (QED) is 0.398. The summed E-state index contributed by atoms with van der Waals surface area (Å²) in [4.78, 5) is 25.7. The molecule has 2 spiro atoms. The van der Waals surface area contributed by atoms with Crippen LogP contribution in [0.2, 0.25) is 0 Å². The number of epoxide rings is 1. The molecule has 0 amide bonds. The van der Waals surface area contributed by atoms with E-state index in [2.05, 4.69) is 29.8 Å². The number of halogens is 1. The van der Waals surface area contributed by atoms with E-state index in [0.717, 1.165) is 0 Å². The summed E-state index contributed by atoms with van der Waals surface area (Å²) in [6, 6.07) is 0. The average molecular weight is 371 g/mol. The molecule has 0 aromatic carbocycles. The maximum atomic E-state index is 13.2. The summed E-state index contributed by atoms with van der Waals surface area (Å²) in [5.41, 5.74) is -3.22. The van der Waals surface area contributed by atoms with Gasteiger partial charge in [0.25, 0.3) is 0 Å². The molecule has 0 N–H and O–H groups in total. The summed E-state index contributed by atoms with van der Waals surface area (Å²) >= 11 is 3.53. The first-order chi connectivity index (χ1) is 10.1. The van der Waals surface area contributed by atoms with Crippen LogP contribution in [-0.2, 0) is 23.8 Å². The molecule has 2 aliphatic carbocycles.